The first kappa shape index (κ1) is 13.5. The van der Waals surface area contributed by atoms with Crippen molar-refractivity contribution in [1.82, 2.24) is 15.3 Å². The minimum absolute atomic E-state index is 1.06. The normalized spacial score (nSPS) is 9.82. The van der Waals surface area contributed by atoms with E-state index in [1.54, 1.807) is 0 Å². The molecule has 0 fully saturated rings. The molecule has 11 heavy (non-hydrogen) atoms. The number of nitrogens with one attached hydrogen (secondary N) is 1. The molecule has 0 atom stereocenters. The fraction of sp³-hybridized carbons (Fsp3) is 1.00. The highest BCUT2D eigenvalue weighted by Crippen LogP contribution is 1.76. The number of hydrogen-bond donors (Lipinski definition) is 1. The lowest BCUT2D eigenvalue weighted by atomic mass is 10.6. The first-order chi connectivity index (χ1) is 5.16. The van der Waals surface area contributed by atoms with Gasteiger partial charge in [0.2, 0.25) is 0 Å². The van der Waals surface area contributed by atoms with Crippen LogP contribution in [0.15, 0.2) is 0 Å². The molecule has 0 spiro atoms. The van der Waals surface area contributed by atoms with Crippen molar-refractivity contribution in [2.75, 3.05) is 41.3 Å². The van der Waals surface area contributed by atoms with Gasteiger partial charge in [-0.15, -0.1) is 0 Å². The molecule has 0 amide bonds. The van der Waals surface area contributed by atoms with Gasteiger partial charge in [-0.2, -0.15) is 0 Å². The molecule has 0 radical (unpaired) electrons. The van der Waals surface area contributed by atoms with Gasteiger partial charge in [0.1, 0.15) is 0 Å². The van der Waals surface area contributed by atoms with E-state index in [1.807, 2.05) is 27.9 Å². The Balaban J connectivity index is 0. The summed E-state index contributed by atoms with van der Waals surface area (Å²) in [4.78, 5) is 2.16. The molecule has 70 valence electrons. The van der Waals surface area contributed by atoms with Crippen LogP contribution in [0.2, 0.25) is 0 Å². The maximum Gasteiger partial charge on any atom is 0.0255 e. The van der Waals surface area contributed by atoms with Gasteiger partial charge in [-0.25, -0.2) is 5.01 Å². The van der Waals surface area contributed by atoms with Gasteiger partial charge in [0.15, 0.2) is 0 Å². The van der Waals surface area contributed by atoms with E-state index >= 15 is 0 Å². The van der Waals surface area contributed by atoms with Gasteiger partial charge in [0, 0.05) is 20.1 Å². The highest BCUT2D eigenvalue weighted by molar-refractivity contribution is 4.46. The maximum atomic E-state index is 3.03. The summed E-state index contributed by atoms with van der Waals surface area (Å²) in [5.74, 6) is 0. The van der Waals surface area contributed by atoms with Crippen molar-refractivity contribution in [3.8, 4) is 0 Å². The van der Waals surface area contributed by atoms with Crippen molar-refractivity contribution in [3.63, 3.8) is 0 Å². The average Bonchev–Trinajstić information content (AvgIpc) is 2.04. The van der Waals surface area contributed by atoms with Gasteiger partial charge in [0.05, 0.1) is 0 Å². The number of hydrogen-bond acceptors (Lipinski definition) is 3. The molecule has 0 unspecified atom stereocenters. The summed E-state index contributed by atoms with van der Waals surface area (Å²) in [6.45, 7) is 6.15. The van der Waals surface area contributed by atoms with Crippen LogP contribution >= 0.6 is 0 Å². The molecule has 0 aromatic rings. The maximum absolute atomic E-state index is 3.03. The molecule has 3 heteroatoms. The Labute approximate surface area is 71.3 Å². The lowest BCUT2D eigenvalue weighted by Crippen LogP contribution is -2.36. The van der Waals surface area contributed by atoms with Crippen LogP contribution in [0.3, 0.4) is 0 Å². The molecule has 0 heterocycles. The van der Waals surface area contributed by atoms with Crippen LogP contribution in [0.25, 0.3) is 0 Å². The molecular weight excluding hydrogens is 138 g/mol. The van der Waals surface area contributed by atoms with Crippen LogP contribution in [0, 0.1) is 0 Å². The van der Waals surface area contributed by atoms with Gasteiger partial charge in [-0.05, 0) is 21.1 Å². The monoisotopic (exact) mass is 161 g/mol. The second-order valence-corrected chi connectivity index (χ2v) is 2.45. The topological polar surface area (TPSA) is 18.5 Å². The zero-order valence-electron chi connectivity index (χ0n) is 8.81. The summed E-state index contributed by atoms with van der Waals surface area (Å²) in [6, 6.07) is 0. The molecular formula is C8H23N3. The predicted molar refractivity (Wildman–Crippen MR) is 51.6 cm³/mol. The summed E-state index contributed by atoms with van der Waals surface area (Å²) in [5, 5.41) is 2.06. The van der Waals surface area contributed by atoms with Gasteiger partial charge in [-0.1, -0.05) is 13.8 Å². The SMILES string of the molecule is CC.CNN(C)CCN(C)C. The summed E-state index contributed by atoms with van der Waals surface area (Å²) in [6.07, 6.45) is 0. The van der Waals surface area contributed by atoms with E-state index in [0.717, 1.165) is 13.1 Å². The number of rotatable bonds is 4. The summed E-state index contributed by atoms with van der Waals surface area (Å²) >= 11 is 0. The third kappa shape index (κ3) is 13.0. The molecule has 1 N–H and O–H groups in total. The zero-order chi connectivity index (χ0) is 9.28. The van der Waals surface area contributed by atoms with Crippen LogP contribution in [-0.4, -0.2) is 51.2 Å². The highest BCUT2D eigenvalue weighted by atomic mass is 15.5. The van der Waals surface area contributed by atoms with Crippen LogP contribution in [-0.2, 0) is 0 Å². The first-order valence-electron chi connectivity index (χ1n) is 4.20. The Hall–Kier alpha value is -0.120. The van der Waals surface area contributed by atoms with Gasteiger partial charge < -0.3 is 4.90 Å². The highest BCUT2D eigenvalue weighted by Gasteiger charge is 1.92. The van der Waals surface area contributed by atoms with E-state index in [-0.39, 0.29) is 0 Å². The second-order valence-electron chi connectivity index (χ2n) is 2.45. The second kappa shape index (κ2) is 9.88. The smallest absolute Gasteiger partial charge is 0.0255 e. The third-order valence-electron chi connectivity index (χ3n) is 1.26. The number of likely N-dealkylation sites (N-methyl/N-ethyl adjacent to an activating group) is 2. The van der Waals surface area contributed by atoms with Gasteiger partial charge in [0.25, 0.3) is 0 Å². The van der Waals surface area contributed by atoms with Gasteiger partial charge >= 0.3 is 0 Å². The fourth-order valence-corrected chi connectivity index (χ4v) is 0.462. The lowest BCUT2D eigenvalue weighted by Gasteiger charge is -2.17. The van der Waals surface area contributed by atoms with Crippen LogP contribution in [0.1, 0.15) is 13.8 Å². The summed E-state index contributed by atoms with van der Waals surface area (Å²) in [5.41, 5.74) is 3.03. The molecule has 3 nitrogen and oxygen atoms in total. The largest absolute Gasteiger partial charge is 0.308 e. The first-order valence-corrected chi connectivity index (χ1v) is 4.20. The molecule has 0 aromatic carbocycles. The molecule has 0 rings (SSSR count). The Morgan fingerprint density at radius 2 is 1.45 bits per heavy atom. The number of hydrazine groups is 1. The standard InChI is InChI=1S/C6H17N3.C2H6/c1-7-9(4)6-5-8(2)3;1-2/h7H,5-6H2,1-4H3;1-2H3. The minimum atomic E-state index is 1.06. The van der Waals surface area contributed by atoms with E-state index in [0.29, 0.717) is 0 Å². The summed E-state index contributed by atoms with van der Waals surface area (Å²) < 4.78 is 0. The average molecular weight is 161 g/mol. The molecule has 0 aliphatic rings. The Morgan fingerprint density at radius 1 is 1.00 bits per heavy atom. The van der Waals surface area contributed by atoms with Crippen molar-refractivity contribution in [2.45, 2.75) is 13.8 Å². The van der Waals surface area contributed by atoms with E-state index in [4.69, 9.17) is 0 Å². The Bertz CT molecular complexity index is 64.4. The van der Waals surface area contributed by atoms with Crippen LogP contribution < -0.4 is 5.43 Å². The molecule has 0 aliphatic heterocycles. The van der Waals surface area contributed by atoms with Crippen molar-refractivity contribution >= 4 is 0 Å². The van der Waals surface area contributed by atoms with Crippen LogP contribution in [0.5, 0.6) is 0 Å². The van der Waals surface area contributed by atoms with Gasteiger partial charge in [-0.3, -0.25) is 5.43 Å². The summed E-state index contributed by atoms with van der Waals surface area (Å²) in [7, 11) is 8.10. The molecule has 0 bridgehead atoms. The Morgan fingerprint density at radius 3 is 1.73 bits per heavy atom. The fourth-order valence-electron chi connectivity index (χ4n) is 0.462. The van der Waals surface area contributed by atoms with E-state index in [1.165, 1.54) is 0 Å². The molecule has 0 aliphatic carbocycles. The van der Waals surface area contributed by atoms with Crippen molar-refractivity contribution in [3.05, 3.63) is 0 Å². The van der Waals surface area contributed by atoms with Crippen molar-refractivity contribution in [1.29, 1.82) is 0 Å². The quantitative estimate of drug-likeness (QED) is 0.610. The molecule has 0 saturated carbocycles. The predicted octanol–water partition coefficient (Wildman–Crippen LogP) is 0.640. The van der Waals surface area contributed by atoms with E-state index in [9.17, 15) is 0 Å². The molecule has 0 aromatic heterocycles. The zero-order valence-corrected chi connectivity index (χ0v) is 8.81. The van der Waals surface area contributed by atoms with Crippen molar-refractivity contribution < 1.29 is 0 Å². The minimum Gasteiger partial charge on any atom is -0.308 e. The number of nitrogens with zero attached hydrogens (tertiary/aromatic N) is 2. The Kier molecular flexibility index (Phi) is 12.1. The van der Waals surface area contributed by atoms with E-state index in [2.05, 4.69) is 29.4 Å². The third-order valence-corrected chi connectivity index (χ3v) is 1.26. The molecule has 0 saturated heterocycles. The van der Waals surface area contributed by atoms with Crippen LogP contribution in [0.4, 0.5) is 0 Å². The van der Waals surface area contributed by atoms with Crippen molar-refractivity contribution in [2.24, 2.45) is 0 Å². The van der Waals surface area contributed by atoms with E-state index < -0.39 is 0 Å². The lowest BCUT2D eigenvalue weighted by molar-refractivity contribution is 0.229.